The molecule has 0 radical (unpaired) electrons. The van der Waals surface area contributed by atoms with E-state index in [-0.39, 0.29) is 17.8 Å². The summed E-state index contributed by atoms with van der Waals surface area (Å²) in [6, 6.07) is 1.93. The summed E-state index contributed by atoms with van der Waals surface area (Å²) in [6.45, 7) is 5.78. The Labute approximate surface area is 112 Å². The monoisotopic (exact) mass is 269 g/mol. The van der Waals surface area contributed by atoms with Crippen LogP contribution in [0.3, 0.4) is 0 Å². The molecule has 6 nitrogen and oxygen atoms in total. The van der Waals surface area contributed by atoms with Crippen LogP contribution in [0.2, 0.25) is 0 Å². The van der Waals surface area contributed by atoms with E-state index in [1.54, 1.807) is 7.11 Å². The number of hydrogen-bond acceptors (Lipinski definition) is 6. The molecule has 6 heteroatoms. The second-order valence-corrected chi connectivity index (χ2v) is 5.43. The van der Waals surface area contributed by atoms with Crippen LogP contribution in [-0.4, -0.2) is 48.5 Å². The standard InChI is InChI=1S/C13H19NO5/c1-12(2)18-11-9(7-16-4)17-10(8(5-14)6-15)13(11,3)19-12/h6,9-11,15H,7H2,1-4H3/t9-,10?,11-,13+/m1/s1. The minimum absolute atomic E-state index is 0.118. The van der Waals surface area contributed by atoms with E-state index in [4.69, 9.17) is 24.2 Å². The molecular formula is C13H19NO5. The molecule has 106 valence electrons. The highest BCUT2D eigenvalue weighted by Gasteiger charge is 2.64. The lowest BCUT2D eigenvalue weighted by molar-refractivity contribution is -0.200. The van der Waals surface area contributed by atoms with E-state index in [0.717, 1.165) is 6.26 Å². The average molecular weight is 269 g/mol. The summed E-state index contributed by atoms with van der Waals surface area (Å²) in [5.41, 5.74) is -0.704. The van der Waals surface area contributed by atoms with Gasteiger partial charge in [0, 0.05) is 7.11 Å². The van der Waals surface area contributed by atoms with Crippen LogP contribution in [0.25, 0.3) is 0 Å². The Morgan fingerprint density at radius 3 is 2.68 bits per heavy atom. The molecule has 2 aliphatic heterocycles. The van der Waals surface area contributed by atoms with Crippen LogP contribution < -0.4 is 0 Å². The van der Waals surface area contributed by atoms with Gasteiger partial charge >= 0.3 is 0 Å². The van der Waals surface area contributed by atoms with Crippen molar-refractivity contribution in [2.45, 2.75) is 50.5 Å². The number of methoxy groups -OCH3 is 1. The topological polar surface area (TPSA) is 80.9 Å². The van der Waals surface area contributed by atoms with Crippen molar-refractivity contribution in [3.8, 4) is 6.07 Å². The highest BCUT2D eigenvalue weighted by atomic mass is 16.8. The van der Waals surface area contributed by atoms with E-state index in [1.807, 2.05) is 26.8 Å². The van der Waals surface area contributed by atoms with Gasteiger partial charge in [-0.1, -0.05) is 0 Å². The van der Waals surface area contributed by atoms with Gasteiger partial charge in [0.25, 0.3) is 0 Å². The molecule has 0 aromatic rings. The molecule has 0 aromatic heterocycles. The molecule has 2 fully saturated rings. The fourth-order valence-corrected chi connectivity index (χ4v) is 2.89. The minimum Gasteiger partial charge on any atom is -0.514 e. The first-order valence-corrected chi connectivity index (χ1v) is 6.14. The van der Waals surface area contributed by atoms with Crippen molar-refractivity contribution in [3.05, 3.63) is 11.8 Å². The molecule has 2 aliphatic rings. The van der Waals surface area contributed by atoms with Crippen LogP contribution in [0.4, 0.5) is 0 Å². The third-order valence-corrected chi connectivity index (χ3v) is 3.49. The predicted octanol–water partition coefficient (Wildman–Crippen LogP) is 1.28. The van der Waals surface area contributed by atoms with Gasteiger partial charge in [-0.25, -0.2) is 0 Å². The number of ether oxygens (including phenoxy) is 4. The predicted molar refractivity (Wildman–Crippen MR) is 65.3 cm³/mol. The smallest absolute Gasteiger partial charge is 0.164 e. The van der Waals surface area contributed by atoms with Crippen molar-refractivity contribution >= 4 is 0 Å². The summed E-state index contributed by atoms with van der Waals surface area (Å²) in [5, 5.41) is 18.3. The number of nitrogens with zero attached hydrogens (tertiary/aromatic N) is 1. The van der Waals surface area contributed by atoms with Gasteiger partial charge in [-0.05, 0) is 20.8 Å². The Hall–Kier alpha value is -1.13. The molecule has 0 amide bonds. The average Bonchev–Trinajstić information content (AvgIpc) is 2.71. The molecule has 19 heavy (non-hydrogen) atoms. The highest BCUT2D eigenvalue weighted by molar-refractivity contribution is 5.31. The molecule has 0 aromatic carbocycles. The Morgan fingerprint density at radius 1 is 1.47 bits per heavy atom. The van der Waals surface area contributed by atoms with Gasteiger partial charge in [0.05, 0.1) is 18.4 Å². The normalized spacial score (nSPS) is 41.0. The fourth-order valence-electron chi connectivity index (χ4n) is 2.89. The van der Waals surface area contributed by atoms with Crippen LogP contribution in [-0.2, 0) is 18.9 Å². The van der Waals surface area contributed by atoms with Crippen molar-refractivity contribution < 1.29 is 24.1 Å². The fraction of sp³-hybridized carbons (Fsp3) is 0.769. The number of aliphatic hydroxyl groups excluding tert-OH is 1. The lowest BCUT2D eigenvalue weighted by Crippen LogP contribution is -2.44. The maximum Gasteiger partial charge on any atom is 0.164 e. The van der Waals surface area contributed by atoms with Crippen LogP contribution in [0.15, 0.2) is 11.8 Å². The van der Waals surface area contributed by atoms with Crippen LogP contribution in [0.5, 0.6) is 0 Å². The largest absolute Gasteiger partial charge is 0.514 e. The first-order valence-electron chi connectivity index (χ1n) is 6.14. The second kappa shape index (κ2) is 4.76. The Morgan fingerprint density at radius 2 is 2.16 bits per heavy atom. The first-order chi connectivity index (χ1) is 8.88. The molecule has 0 aliphatic carbocycles. The zero-order valence-electron chi connectivity index (χ0n) is 11.5. The Balaban J connectivity index is 2.35. The van der Waals surface area contributed by atoms with E-state index in [1.165, 1.54) is 0 Å². The molecular weight excluding hydrogens is 250 g/mol. The number of hydrogen-bond donors (Lipinski definition) is 1. The lowest BCUT2D eigenvalue weighted by atomic mass is 9.89. The van der Waals surface area contributed by atoms with Gasteiger partial charge in [0.1, 0.15) is 30.0 Å². The maximum absolute atomic E-state index is 9.17. The molecule has 2 rings (SSSR count). The third-order valence-electron chi connectivity index (χ3n) is 3.49. The van der Waals surface area contributed by atoms with Crippen molar-refractivity contribution in [3.63, 3.8) is 0 Å². The van der Waals surface area contributed by atoms with Gasteiger partial charge in [-0.3, -0.25) is 0 Å². The van der Waals surface area contributed by atoms with E-state index < -0.39 is 17.5 Å². The summed E-state index contributed by atoms with van der Waals surface area (Å²) >= 11 is 0. The Bertz CT molecular complexity index is 427. The molecule has 0 bridgehead atoms. The van der Waals surface area contributed by atoms with Crippen molar-refractivity contribution in [2.75, 3.05) is 13.7 Å². The zero-order valence-corrected chi connectivity index (χ0v) is 11.5. The highest BCUT2D eigenvalue weighted by Crippen LogP contribution is 2.48. The number of rotatable bonds is 3. The molecule has 2 heterocycles. The summed E-state index contributed by atoms with van der Waals surface area (Å²) in [6.07, 6.45) is -0.605. The van der Waals surface area contributed by atoms with E-state index in [0.29, 0.717) is 6.61 Å². The quantitative estimate of drug-likeness (QED) is 0.614. The molecule has 0 saturated carbocycles. The maximum atomic E-state index is 9.17. The Kier molecular flexibility index (Phi) is 3.58. The van der Waals surface area contributed by atoms with Crippen LogP contribution in [0, 0.1) is 11.3 Å². The first kappa shape index (κ1) is 14.3. The van der Waals surface area contributed by atoms with Crippen molar-refractivity contribution in [2.24, 2.45) is 0 Å². The van der Waals surface area contributed by atoms with Gasteiger partial charge in [0.2, 0.25) is 0 Å². The zero-order chi connectivity index (χ0) is 14.3. The van der Waals surface area contributed by atoms with Crippen LogP contribution in [0.1, 0.15) is 20.8 Å². The third kappa shape index (κ3) is 2.23. The molecule has 4 atom stereocenters. The van der Waals surface area contributed by atoms with Gasteiger partial charge in [-0.15, -0.1) is 0 Å². The van der Waals surface area contributed by atoms with Gasteiger partial charge < -0.3 is 24.1 Å². The van der Waals surface area contributed by atoms with E-state index >= 15 is 0 Å². The van der Waals surface area contributed by atoms with Gasteiger partial charge in [0.15, 0.2) is 5.79 Å². The molecule has 1 unspecified atom stereocenters. The number of aliphatic hydroxyl groups is 1. The number of nitriles is 1. The van der Waals surface area contributed by atoms with E-state index in [2.05, 4.69) is 0 Å². The minimum atomic E-state index is -0.822. The molecule has 2 saturated heterocycles. The van der Waals surface area contributed by atoms with Gasteiger partial charge in [-0.2, -0.15) is 5.26 Å². The number of fused-ring (bicyclic) bond motifs is 1. The summed E-state index contributed by atoms with van der Waals surface area (Å²) in [5.74, 6) is -0.760. The summed E-state index contributed by atoms with van der Waals surface area (Å²) < 4.78 is 22.7. The van der Waals surface area contributed by atoms with Crippen molar-refractivity contribution in [1.82, 2.24) is 0 Å². The summed E-state index contributed by atoms with van der Waals surface area (Å²) in [4.78, 5) is 0. The summed E-state index contributed by atoms with van der Waals surface area (Å²) in [7, 11) is 1.57. The second-order valence-electron chi connectivity index (χ2n) is 5.43. The molecule has 0 spiro atoms. The van der Waals surface area contributed by atoms with Crippen LogP contribution >= 0.6 is 0 Å². The SMILES string of the molecule is COC[C@H]1OC(C(C#N)=CO)[C@]2(C)OC(C)(C)O[C@H]12. The lowest BCUT2D eigenvalue weighted by Gasteiger charge is -2.28. The molecule has 1 N–H and O–H groups in total. The van der Waals surface area contributed by atoms with Crippen molar-refractivity contribution in [1.29, 1.82) is 5.26 Å². The van der Waals surface area contributed by atoms with E-state index in [9.17, 15) is 5.11 Å².